The van der Waals surface area contributed by atoms with Crippen LogP contribution in [0.15, 0.2) is 5.38 Å². The third kappa shape index (κ3) is 3.37. The minimum Gasteiger partial charge on any atom is -0.393 e. The van der Waals surface area contributed by atoms with Crippen LogP contribution in [0.3, 0.4) is 0 Å². The minimum atomic E-state index is -0.354. The molecular formula is C15H23NO2S. The third-order valence-electron chi connectivity index (χ3n) is 3.86. The number of rotatable bonds is 4. The van der Waals surface area contributed by atoms with Gasteiger partial charge in [0.25, 0.3) is 5.91 Å². The zero-order valence-corrected chi connectivity index (χ0v) is 12.8. The first-order chi connectivity index (χ1) is 8.99. The SMILES string of the molecule is CC(O)CCN(C)C(=O)c1csc2c1CCC(C)C2. The van der Waals surface area contributed by atoms with Gasteiger partial charge >= 0.3 is 0 Å². The molecule has 1 aliphatic rings. The highest BCUT2D eigenvalue weighted by molar-refractivity contribution is 7.10. The van der Waals surface area contributed by atoms with Crippen molar-refractivity contribution in [3.05, 3.63) is 21.4 Å². The molecule has 0 saturated carbocycles. The largest absolute Gasteiger partial charge is 0.393 e. The Kier molecular flexibility index (Phi) is 4.63. The van der Waals surface area contributed by atoms with Crippen molar-refractivity contribution in [2.24, 2.45) is 5.92 Å². The van der Waals surface area contributed by atoms with Crippen LogP contribution in [-0.2, 0) is 12.8 Å². The van der Waals surface area contributed by atoms with Crippen molar-refractivity contribution >= 4 is 17.2 Å². The molecule has 0 fully saturated rings. The molecule has 0 aromatic carbocycles. The number of carbonyl (C=O) groups is 1. The number of aliphatic hydroxyl groups is 1. The van der Waals surface area contributed by atoms with E-state index in [1.165, 1.54) is 16.9 Å². The first kappa shape index (κ1) is 14.5. The summed E-state index contributed by atoms with van der Waals surface area (Å²) >= 11 is 1.73. The summed E-state index contributed by atoms with van der Waals surface area (Å²) in [6, 6.07) is 0. The monoisotopic (exact) mass is 281 g/mol. The lowest BCUT2D eigenvalue weighted by Crippen LogP contribution is -2.30. The average Bonchev–Trinajstić information content (AvgIpc) is 2.77. The Morgan fingerprint density at radius 1 is 1.63 bits per heavy atom. The third-order valence-corrected chi connectivity index (χ3v) is 4.91. The van der Waals surface area contributed by atoms with Gasteiger partial charge in [-0.05, 0) is 44.1 Å². The van der Waals surface area contributed by atoms with E-state index in [4.69, 9.17) is 0 Å². The van der Waals surface area contributed by atoms with E-state index in [0.717, 1.165) is 24.3 Å². The van der Waals surface area contributed by atoms with Crippen LogP contribution in [-0.4, -0.2) is 35.6 Å². The van der Waals surface area contributed by atoms with Crippen molar-refractivity contribution < 1.29 is 9.90 Å². The van der Waals surface area contributed by atoms with Crippen molar-refractivity contribution in [1.29, 1.82) is 0 Å². The number of amides is 1. The van der Waals surface area contributed by atoms with Crippen molar-refractivity contribution in [2.45, 2.75) is 45.6 Å². The molecule has 19 heavy (non-hydrogen) atoms. The molecule has 1 N–H and O–H groups in total. The van der Waals surface area contributed by atoms with Crippen LogP contribution in [0.25, 0.3) is 0 Å². The number of hydrogen-bond acceptors (Lipinski definition) is 3. The summed E-state index contributed by atoms with van der Waals surface area (Å²) in [7, 11) is 1.82. The highest BCUT2D eigenvalue weighted by Gasteiger charge is 2.24. The topological polar surface area (TPSA) is 40.5 Å². The van der Waals surface area contributed by atoms with Crippen LogP contribution in [0.2, 0.25) is 0 Å². The van der Waals surface area contributed by atoms with Crippen molar-refractivity contribution in [2.75, 3.05) is 13.6 Å². The zero-order chi connectivity index (χ0) is 14.0. The zero-order valence-electron chi connectivity index (χ0n) is 12.0. The smallest absolute Gasteiger partial charge is 0.254 e. The standard InChI is InChI=1S/C15H23NO2S/c1-10-4-5-12-13(9-19-14(12)8-10)15(18)16(3)7-6-11(2)17/h9-11,17H,4-8H2,1-3H3. The van der Waals surface area contributed by atoms with Gasteiger partial charge in [0.15, 0.2) is 0 Å². The molecule has 0 spiro atoms. The maximum atomic E-state index is 12.4. The Bertz CT molecular complexity index is 453. The number of hydrogen-bond donors (Lipinski definition) is 1. The molecule has 3 nitrogen and oxygen atoms in total. The first-order valence-corrected chi connectivity index (χ1v) is 7.89. The number of fused-ring (bicyclic) bond motifs is 1. The summed E-state index contributed by atoms with van der Waals surface area (Å²) in [5, 5.41) is 11.3. The first-order valence-electron chi connectivity index (χ1n) is 7.01. The van der Waals surface area contributed by atoms with Gasteiger partial charge in [0, 0.05) is 23.8 Å². The predicted octanol–water partition coefficient (Wildman–Crippen LogP) is 2.72. The molecule has 106 valence electrons. The Labute approximate surface area is 119 Å². The molecule has 1 heterocycles. The summed E-state index contributed by atoms with van der Waals surface area (Å²) < 4.78 is 0. The number of nitrogens with zero attached hydrogens (tertiary/aromatic N) is 1. The van der Waals surface area contributed by atoms with E-state index in [9.17, 15) is 9.90 Å². The van der Waals surface area contributed by atoms with E-state index in [2.05, 4.69) is 6.92 Å². The van der Waals surface area contributed by atoms with Crippen LogP contribution >= 0.6 is 11.3 Å². The summed E-state index contributed by atoms with van der Waals surface area (Å²) in [5.41, 5.74) is 2.16. The molecule has 2 unspecified atom stereocenters. The van der Waals surface area contributed by atoms with Gasteiger partial charge in [-0.15, -0.1) is 11.3 Å². The van der Waals surface area contributed by atoms with Crippen LogP contribution in [0, 0.1) is 5.92 Å². The lowest BCUT2D eigenvalue weighted by Gasteiger charge is -2.21. The summed E-state index contributed by atoms with van der Waals surface area (Å²) in [4.78, 5) is 15.5. The fourth-order valence-electron chi connectivity index (χ4n) is 2.54. The Morgan fingerprint density at radius 3 is 3.05 bits per heavy atom. The summed E-state index contributed by atoms with van der Waals surface area (Å²) in [5.74, 6) is 0.842. The average molecular weight is 281 g/mol. The molecule has 1 aliphatic carbocycles. The van der Waals surface area contributed by atoms with E-state index in [-0.39, 0.29) is 12.0 Å². The molecule has 2 atom stereocenters. The Hall–Kier alpha value is -0.870. The van der Waals surface area contributed by atoms with Gasteiger partial charge < -0.3 is 10.0 Å². The molecule has 0 saturated heterocycles. The molecule has 4 heteroatoms. The van der Waals surface area contributed by atoms with Gasteiger partial charge in [-0.2, -0.15) is 0 Å². The molecule has 0 bridgehead atoms. The van der Waals surface area contributed by atoms with E-state index in [1.54, 1.807) is 23.2 Å². The summed E-state index contributed by atoms with van der Waals surface area (Å²) in [6.45, 7) is 4.64. The van der Waals surface area contributed by atoms with Crippen LogP contribution in [0.5, 0.6) is 0 Å². The van der Waals surface area contributed by atoms with Gasteiger partial charge in [-0.3, -0.25) is 4.79 Å². The fraction of sp³-hybridized carbons (Fsp3) is 0.667. The molecule has 0 aliphatic heterocycles. The maximum Gasteiger partial charge on any atom is 0.254 e. The van der Waals surface area contributed by atoms with Crippen molar-refractivity contribution in [1.82, 2.24) is 4.90 Å². The Balaban J connectivity index is 2.08. The lowest BCUT2D eigenvalue weighted by atomic mass is 9.88. The van der Waals surface area contributed by atoms with Crippen LogP contribution in [0.4, 0.5) is 0 Å². The highest BCUT2D eigenvalue weighted by Crippen LogP contribution is 2.33. The minimum absolute atomic E-state index is 0.104. The Morgan fingerprint density at radius 2 is 2.37 bits per heavy atom. The molecule has 1 aromatic heterocycles. The second-order valence-electron chi connectivity index (χ2n) is 5.76. The molecule has 2 rings (SSSR count). The van der Waals surface area contributed by atoms with Gasteiger partial charge in [-0.25, -0.2) is 0 Å². The predicted molar refractivity (Wildman–Crippen MR) is 78.8 cm³/mol. The molecule has 1 amide bonds. The normalized spacial score (nSPS) is 19.9. The second kappa shape index (κ2) is 6.06. The molecule has 0 radical (unpaired) electrons. The van der Waals surface area contributed by atoms with Crippen molar-refractivity contribution in [3.8, 4) is 0 Å². The highest BCUT2D eigenvalue weighted by atomic mass is 32.1. The lowest BCUT2D eigenvalue weighted by molar-refractivity contribution is 0.0768. The van der Waals surface area contributed by atoms with Crippen LogP contribution < -0.4 is 0 Å². The number of thiophene rings is 1. The van der Waals surface area contributed by atoms with Crippen molar-refractivity contribution in [3.63, 3.8) is 0 Å². The van der Waals surface area contributed by atoms with Crippen LogP contribution in [0.1, 0.15) is 47.5 Å². The van der Waals surface area contributed by atoms with Gasteiger partial charge in [0.1, 0.15) is 0 Å². The quantitative estimate of drug-likeness (QED) is 0.922. The van der Waals surface area contributed by atoms with Gasteiger partial charge in [0.05, 0.1) is 11.7 Å². The number of aliphatic hydroxyl groups excluding tert-OH is 1. The molecule has 1 aromatic rings. The second-order valence-corrected chi connectivity index (χ2v) is 6.73. The number of carbonyl (C=O) groups excluding carboxylic acids is 1. The van der Waals surface area contributed by atoms with Gasteiger partial charge in [0.2, 0.25) is 0 Å². The summed E-state index contributed by atoms with van der Waals surface area (Å²) in [6.07, 6.45) is 3.61. The van der Waals surface area contributed by atoms with E-state index in [1.807, 2.05) is 12.4 Å². The van der Waals surface area contributed by atoms with E-state index in [0.29, 0.717) is 13.0 Å². The maximum absolute atomic E-state index is 12.4. The van der Waals surface area contributed by atoms with E-state index < -0.39 is 0 Å². The molecular weight excluding hydrogens is 258 g/mol. The van der Waals surface area contributed by atoms with Gasteiger partial charge in [-0.1, -0.05) is 6.92 Å². The van der Waals surface area contributed by atoms with E-state index >= 15 is 0 Å². The fourth-order valence-corrected chi connectivity index (χ4v) is 3.78.